The first-order chi connectivity index (χ1) is 30.3. The highest BCUT2D eigenvalue weighted by Gasteiger charge is 2.45. The highest BCUT2D eigenvalue weighted by Crippen LogP contribution is 2.56. The van der Waals surface area contributed by atoms with Crippen molar-refractivity contribution in [3.63, 3.8) is 0 Å². The minimum Gasteiger partial charge on any atom is -0.311 e. The van der Waals surface area contributed by atoms with E-state index in [1.807, 2.05) is 11.3 Å². The summed E-state index contributed by atoms with van der Waals surface area (Å²) in [5.41, 5.74) is 15.5. The lowest BCUT2D eigenvalue weighted by Crippen LogP contribution is -2.28. The van der Waals surface area contributed by atoms with Gasteiger partial charge in [0.2, 0.25) is 0 Å². The van der Waals surface area contributed by atoms with Crippen LogP contribution in [0.25, 0.3) is 64.3 Å². The number of fused-ring (bicyclic) bond motifs is 8. The summed E-state index contributed by atoms with van der Waals surface area (Å²) >= 11 is 1.89. The fourth-order valence-corrected chi connectivity index (χ4v) is 11.3. The Morgan fingerprint density at radius 3 is 1.43 bits per heavy atom. The predicted molar refractivity (Wildman–Crippen MR) is 260 cm³/mol. The van der Waals surface area contributed by atoms with Gasteiger partial charge in [-0.2, -0.15) is 0 Å². The molecule has 0 N–H and O–H groups in total. The van der Waals surface area contributed by atoms with Gasteiger partial charge in [0, 0.05) is 42.6 Å². The smallest absolute Gasteiger partial charge is 0.0713 e. The van der Waals surface area contributed by atoms with Crippen LogP contribution in [0.2, 0.25) is 0 Å². The maximum atomic E-state index is 2.39. The van der Waals surface area contributed by atoms with Crippen LogP contribution in [0, 0.1) is 0 Å². The third kappa shape index (κ3) is 5.60. The molecule has 0 aliphatic heterocycles. The standard InChI is InChI=1S/C59H39NS/c1-3-14-40(15-4-1)41-26-32-45(33-27-41)60(46-34-28-42(29-35-46)48-21-13-22-53-49(48)38-39-54-52-20-9-12-25-57(52)61-58(53)54)47-36-30-44(31-37-47)59(43-16-5-2-6-17-43)55-23-10-7-18-50(55)51-19-8-11-24-56(51)59/h1-39H. The van der Waals surface area contributed by atoms with Gasteiger partial charge in [0.25, 0.3) is 0 Å². The molecule has 1 aliphatic carbocycles. The zero-order valence-electron chi connectivity index (χ0n) is 33.4. The van der Waals surface area contributed by atoms with Gasteiger partial charge in [0.1, 0.15) is 0 Å². The first-order valence-electron chi connectivity index (χ1n) is 21.0. The predicted octanol–water partition coefficient (Wildman–Crippen LogP) is 16.4. The summed E-state index contributed by atoms with van der Waals surface area (Å²) in [6.45, 7) is 0. The van der Waals surface area contributed by atoms with Crippen LogP contribution in [-0.4, -0.2) is 0 Å². The molecule has 1 heterocycles. The van der Waals surface area contributed by atoms with E-state index in [0.717, 1.165) is 17.1 Å². The number of thiophene rings is 1. The minimum atomic E-state index is -0.448. The number of rotatable bonds is 7. The molecule has 0 bridgehead atoms. The van der Waals surface area contributed by atoms with Crippen molar-refractivity contribution in [2.24, 2.45) is 0 Å². The summed E-state index contributed by atoms with van der Waals surface area (Å²) in [6.07, 6.45) is 0. The Kier molecular flexibility index (Phi) is 8.33. The van der Waals surface area contributed by atoms with E-state index in [1.165, 1.54) is 86.6 Å². The van der Waals surface area contributed by atoms with Crippen molar-refractivity contribution in [2.75, 3.05) is 4.90 Å². The number of nitrogens with zero attached hydrogens (tertiary/aromatic N) is 1. The van der Waals surface area contributed by atoms with Crippen LogP contribution < -0.4 is 4.90 Å². The molecule has 1 nitrogen and oxygen atoms in total. The van der Waals surface area contributed by atoms with Gasteiger partial charge in [-0.3, -0.25) is 0 Å². The highest BCUT2D eigenvalue weighted by molar-refractivity contribution is 7.26. The molecule has 0 spiro atoms. The van der Waals surface area contributed by atoms with Crippen LogP contribution in [0.15, 0.2) is 237 Å². The Morgan fingerprint density at radius 1 is 0.295 bits per heavy atom. The molecule has 0 saturated carbocycles. The van der Waals surface area contributed by atoms with Gasteiger partial charge in [-0.25, -0.2) is 0 Å². The molecule has 286 valence electrons. The maximum absolute atomic E-state index is 2.39. The maximum Gasteiger partial charge on any atom is 0.0713 e. The van der Waals surface area contributed by atoms with E-state index in [-0.39, 0.29) is 0 Å². The Morgan fingerprint density at radius 2 is 0.754 bits per heavy atom. The van der Waals surface area contributed by atoms with Gasteiger partial charge in [0.15, 0.2) is 0 Å². The molecule has 10 aromatic carbocycles. The third-order valence-electron chi connectivity index (χ3n) is 12.8. The van der Waals surface area contributed by atoms with Gasteiger partial charge in [0.05, 0.1) is 5.41 Å². The quantitative estimate of drug-likeness (QED) is 0.155. The van der Waals surface area contributed by atoms with Crippen molar-refractivity contribution < 1.29 is 0 Å². The van der Waals surface area contributed by atoms with E-state index in [1.54, 1.807) is 0 Å². The SMILES string of the molecule is c1ccc(-c2ccc(N(c3ccc(-c4cccc5c4ccc4c6ccccc6sc54)cc3)c3ccc(C4(c5ccccc5)c5ccccc5-c5ccccc54)cc3)cc2)cc1. The lowest BCUT2D eigenvalue weighted by atomic mass is 9.68. The molecule has 0 radical (unpaired) electrons. The first-order valence-corrected chi connectivity index (χ1v) is 21.8. The highest BCUT2D eigenvalue weighted by atomic mass is 32.1. The molecule has 0 amide bonds. The Hall–Kier alpha value is -7.52. The molecule has 1 aromatic heterocycles. The van der Waals surface area contributed by atoms with Gasteiger partial charge in [-0.05, 0) is 103 Å². The molecular weight excluding hydrogens is 755 g/mol. The zero-order valence-corrected chi connectivity index (χ0v) is 34.2. The van der Waals surface area contributed by atoms with Gasteiger partial charge >= 0.3 is 0 Å². The topological polar surface area (TPSA) is 3.24 Å². The number of hydrogen-bond donors (Lipinski definition) is 0. The van der Waals surface area contributed by atoms with Crippen LogP contribution in [0.4, 0.5) is 17.1 Å². The Bertz CT molecular complexity index is 3340. The number of anilines is 3. The van der Waals surface area contributed by atoms with E-state index in [4.69, 9.17) is 0 Å². The van der Waals surface area contributed by atoms with Crippen LogP contribution in [0.3, 0.4) is 0 Å². The van der Waals surface area contributed by atoms with E-state index >= 15 is 0 Å². The minimum absolute atomic E-state index is 0.448. The molecule has 0 atom stereocenters. The summed E-state index contributed by atoms with van der Waals surface area (Å²) in [4.78, 5) is 2.39. The zero-order chi connectivity index (χ0) is 40.3. The van der Waals surface area contributed by atoms with Gasteiger partial charge in [-0.1, -0.05) is 194 Å². The number of benzene rings is 10. The van der Waals surface area contributed by atoms with E-state index in [9.17, 15) is 0 Å². The van der Waals surface area contributed by atoms with Crippen LogP contribution in [-0.2, 0) is 5.41 Å². The molecule has 1 aliphatic rings. The second kappa shape index (κ2) is 14.3. The third-order valence-corrected chi connectivity index (χ3v) is 14.0. The first kappa shape index (κ1) is 35.4. The fourth-order valence-electron chi connectivity index (χ4n) is 10.0. The lowest BCUT2D eigenvalue weighted by molar-refractivity contribution is 0.768. The summed E-state index contributed by atoms with van der Waals surface area (Å²) in [6, 6.07) is 87.1. The summed E-state index contributed by atoms with van der Waals surface area (Å²) in [7, 11) is 0. The summed E-state index contributed by atoms with van der Waals surface area (Å²) in [5.74, 6) is 0. The average molecular weight is 794 g/mol. The largest absolute Gasteiger partial charge is 0.311 e. The van der Waals surface area contributed by atoms with Crippen molar-refractivity contribution in [1.82, 2.24) is 0 Å². The molecule has 2 heteroatoms. The van der Waals surface area contributed by atoms with Gasteiger partial charge < -0.3 is 4.90 Å². The average Bonchev–Trinajstić information content (AvgIpc) is 3.87. The monoisotopic (exact) mass is 793 g/mol. The molecule has 0 saturated heterocycles. The Balaban J connectivity index is 0.982. The summed E-state index contributed by atoms with van der Waals surface area (Å²) in [5, 5.41) is 5.25. The Labute approximate surface area is 360 Å². The van der Waals surface area contributed by atoms with Gasteiger partial charge in [-0.15, -0.1) is 11.3 Å². The van der Waals surface area contributed by atoms with Crippen molar-refractivity contribution >= 4 is 59.3 Å². The van der Waals surface area contributed by atoms with Crippen LogP contribution >= 0.6 is 11.3 Å². The van der Waals surface area contributed by atoms with Crippen molar-refractivity contribution in [2.45, 2.75) is 5.41 Å². The van der Waals surface area contributed by atoms with Crippen molar-refractivity contribution in [3.05, 3.63) is 259 Å². The fraction of sp³-hybridized carbons (Fsp3) is 0.0169. The lowest BCUT2D eigenvalue weighted by Gasteiger charge is -2.34. The molecule has 11 aromatic rings. The molecule has 0 fully saturated rings. The van der Waals surface area contributed by atoms with Crippen LogP contribution in [0.5, 0.6) is 0 Å². The number of hydrogen-bond acceptors (Lipinski definition) is 2. The van der Waals surface area contributed by atoms with Crippen molar-refractivity contribution in [1.29, 1.82) is 0 Å². The molecule has 12 rings (SSSR count). The van der Waals surface area contributed by atoms with E-state index < -0.39 is 5.41 Å². The second-order valence-electron chi connectivity index (χ2n) is 16.0. The van der Waals surface area contributed by atoms with E-state index in [0.29, 0.717) is 0 Å². The molecular formula is C59H39NS. The van der Waals surface area contributed by atoms with Crippen molar-refractivity contribution in [3.8, 4) is 33.4 Å². The second-order valence-corrected chi connectivity index (χ2v) is 17.0. The normalized spacial score (nSPS) is 12.7. The molecule has 61 heavy (non-hydrogen) atoms. The van der Waals surface area contributed by atoms with Crippen LogP contribution in [0.1, 0.15) is 22.3 Å². The summed E-state index contributed by atoms with van der Waals surface area (Å²) < 4.78 is 2.68. The molecule has 0 unspecified atom stereocenters. The van der Waals surface area contributed by atoms with E-state index in [2.05, 4.69) is 241 Å².